The van der Waals surface area contributed by atoms with Crippen LogP contribution in [0.4, 0.5) is 4.79 Å². The van der Waals surface area contributed by atoms with Crippen LogP contribution in [0.3, 0.4) is 0 Å². The van der Waals surface area contributed by atoms with Gasteiger partial charge >= 0.3 is 6.03 Å². The molecule has 2 aromatic carbocycles. The Morgan fingerprint density at radius 3 is 2.53 bits per heavy atom. The number of benzene rings is 2. The third-order valence-electron chi connectivity index (χ3n) is 5.72. The number of aromatic amines is 1. The maximum absolute atomic E-state index is 12.6. The summed E-state index contributed by atoms with van der Waals surface area (Å²) >= 11 is 6.33. The molecule has 3 aromatic rings. The fraction of sp³-hybridized carbons (Fsp3) is 0.318. The Hall–Kier alpha value is -2.91. The van der Waals surface area contributed by atoms with Crippen LogP contribution in [-0.2, 0) is 16.3 Å². The molecule has 1 aromatic heterocycles. The number of halogens is 1. The van der Waals surface area contributed by atoms with E-state index in [1.54, 1.807) is 30.3 Å². The summed E-state index contributed by atoms with van der Waals surface area (Å²) in [7, 11) is -1.50. The number of aromatic nitrogens is 3. The van der Waals surface area contributed by atoms with Gasteiger partial charge in [-0.05, 0) is 23.3 Å². The SMILES string of the molecule is CN(CCc1cnn[nH]1)C(=O)N1CC(c2ccc(-c3ccc(S(C)(=O)=O)cc3Cl)cc2)C1. The van der Waals surface area contributed by atoms with Crippen LogP contribution in [0.1, 0.15) is 17.2 Å². The molecule has 1 fully saturated rings. The van der Waals surface area contributed by atoms with Crippen molar-refractivity contribution >= 4 is 27.5 Å². The summed E-state index contributed by atoms with van der Waals surface area (Å²) in [5.41, 5.74) is 3.76. The fourth-order valence-electron chi connectivity index (χ4n) is 3.71. The van der Waals surface area contributed by atoms with Gasteiger partial charge in [-0.1, -0.05) is 47.1 Å². The van der Waals surface area contributed by atoms with Gasteiger partial charge in [-0.3, -0.25) is 5.10 Å². The van der Waals surface area contributed by atoms with E-state index in [0.29, 0.717) is 37.0 Å². The first-order chi connectivity index (χ1) is 15.2. The number of likely N-dealkylation sites (N-methyl/N-ethyl adjacent to an activating group) is 1. The largest absolute Gasteiger partial charge is 0.327 e. The van der Waals surface area contributed by atoms with Gasteiger partial charge < -0.3 is 9.80 Å². The van der Waals surface area contributed by atoms with Gasteiger partial charge in [0.1, 0.15) is 0 Å². The highest BCUT2D eigenvalue weighted by molar-refractivity contribution is 7.90. The zero-order chi connectivity index (χ0) is 22.9. The van der Waals surface area contributed by atoms with E-state index in [1.165, 1.54) is 6.07 Å². The second-order valence-electron chi connectivity index (χ2n) is 8.07. The minimum absolute atomic E-state index is 0.0168. The number of likely N-dealkylation sites (tertiary alicyclic amines) is 1. The molecule has 4 rings (SSSR count). The summed E-state index contributed by atoms with van der Waals surface area (Å²) in [5.74, 6) is 0.293. The summed E-state index contributed by atoms with van der Waals surface area (Å²) in [5, 5.41) is 10.6. The van der Waals surface area contributed by atoms with Crippen molar-refractivity contribution < 1.29 is 13.2 Å². The zero-order valence-corrected chi connectivity index (χ0v) is 19.4. The molecule has 0 atom stereocenters. The molecule has 2 amide bonds. The van der Waals surface area contributed by atoms with Gasteiger partial charge in [0.25, 0.3) is 0 Å². The van der Waals surface area contributed by atoms with Crippen molar-refractivity contribution in [1.82, 2.24) is 25.2 Å². The van der Waals surface area contributed by atoms with Crippen molar-refractivity contribution in [3.63, 3.8) is 0 Å². The summed E-state index contributed by atoms with van der Waals surface area (Å²) in [4.78, 5) is 16.3. The van der Waals surface area contributed by atoms with E-state index in [-0.39, 0.29) is 10.9 Å². The highest BCUT2D eigenvalue weighted by Gasteiger charge is 2.33. The molecule has 168 valence electrons. The van der Waals surface area contributed by atoms with Crippen LogP contribution in [0.5, 0.6) is 0 Å². The van der Waals surface area contributed by atoms with E-state index in [4.69, 9.17) is 11.6 Å². The lowest BCUT2D eigenvalue weighted by Gasteiger charge is -2.41. The second-order valence-corrected chi connectivity index (χ2v) is 10.5. The van der Waals surface area contributed by atoms with Gasteiger partial charge in [-0.25, -0.2) is 13.2 Å². The Kier molecular flexibility index (Phi) is 6.21. The number of amides is 2. The molecule has 1 aliphatic heterocycles. The predicted molar refractivity (Wildman–Crippen MR) is 122 cm³/mol. The number of sulfone groups is 1. The Morgan fingerprint density at radius 2 is 1.94 bits per heavy atom. The third kappa shape index (κ3) is 4.78. The molecule has 8 nitrogen and oxygen atoms in total. The lowest BCUT2D eigenvalue weighted by molar-refractivity contribution is 0.122. The number of carbonyl (C=O) groups excluding carboxylic acids is 1. The lowest BCUT2D eigenvalue weighted by atomic mass is 9.90. The first kappa shape index (κ1) is 22.3. The van der Waals surface area contributed by atoms with Crippen LogP contribution in [-0.4, -0.2) is 72.6 Å². The average Bonchev–Trinajstić information content (AvgIpc) is 3.24. The Bertz CT molecular complexity index is 1210. The molecule has 1 N–H and O–H groups in total. The van der Waals surface area contributed by atoms with Crippen LogP contribution in [0.15, 0.2) is 53.6 Å². The summed E-state index contributed by atoms with van der Waals surface area (Å²) in [6, 6.07) is 12.8. The maximum Gasteiger partial charge on any atom is 0.319 e. The van der Waals surface area contributed by atoms with E-state index in [0.717, 1.165) is 28.6 Å². The van der Waals surface area contributed by atoms with Crippen molar-refractivity contribution in [2.24, 2.45) is 0 Å². The second kappa shape index (κ2) is 8.91. The van der Waals surface area contributed by atoms with Crippen molar-refractivity contribution in [1.29, 1.82) is 0 Å². The summed E-state index contributed by atoms with van der Waals surface area (Å²) in [6.07, 6.45) is 3.50. The number of H-pyrrole nitrogens is 1. The van der Waals surface area contributed by atoms with Gasteiger partial charge in [-0.15, -0.1) is 5.10 Å². The molecule has 0 bridgehead atoms. The molecule has 0 aliphatic carbocycles. The van der Waals surface area contributed by atoms with Crippen LogP contribution in [0.25, 0.3) is 11.1 Å². The van der Waals surface area contributed by atoms with Crippen molar-refractivity contribution in [2.45, 2.75) is 17.2 Å². The molecule has 0 unspecified atom stereocenters. The van der Waals surface area contributed by atoms with Gasteiger partial charge in [0.2, 0.25) is 0 Å². The topological polar surface area (TPSA) is 99.3 Å². The number of urea groups is 1. The molecule has 32 heavy (non-hydrogen) atoms. The Balaban J connectivity index is 1.34. The monoisotopic (exact) mass is 473 g/mol. The van der Waals surface area contributed by atoms with E-state index in [1.807, 2.05) is 29.2 Å². The summed E-state index contributed by atoms with van der Waals surface area (Å²) in [6.45, 7) is 1.95. The van der Waals surface area contributed by atoms with Crippen LogP contribution < -0.4 is 0 Å². The maximum atomic E-state index is 12.6. The van der Waals surface area contributed by atoms with Gasteiger partial charge in [0.15, 0.2) is 9.84 Å². The highest BCUT2D eigenvalue weighted by atomic mass is 35.5. The molecule has 0 spiro atoms. The van der Waals surface area contributed by atoms with E-state index >= 15 is 0 Å². The molecule has 0 saturated carbocycles. The lowest BCUT2D eigenvalue weighted by Crippen LogP contribution is -2.53. The zero-order valence-electron chi connectivity index (χ0n) is 17.8. The minimum Gasteiger partial charge on any atom is -0.327 e. The number of rotatable bonds is 6. The average molecular weight is 474 g/mol. The number of hydrogen-bond donors (Lipinski definition) is 1. The molecule has 1 saturated heterocycles. The van der Waals surface area contributed by atoms with Crippen LogP contribution >= 0.6 is 11.6 Å². The normalized spacial score (nSPS) is 14.3. The standard InChI is InChI=1S/C22H24ClN5O3S/c1-27(10-9-18-12-24-26-25-18)22(29)28-13-17(14-28)15-3-5-16(6-4-15)20-8-7-19(11-21(20)23)32(2,30)31/h3-8,11-12,17H,9-10,13-14H2,1-2H3,(H,24,25,26). The Labute approximate surface area is 192 Å². The van der Waals surface area contributed by atoms with Crippen molar-refractivity contribution in [2.75, 3.05) is 32.9 Å². The highest BCUT2D eigenvalue weighted by Crippen LogP contribution is 2.33. The summed E-state index contributed by atoms with van der Waals surface area (Å²) < 4.78 is 23.4. The number of nitrogens with one attached hydrogen (secondary N) is 1. The van der Waals surface area contributed by atoms with Crippen molar-refractivity contribution in [3.8, 4) is 11.1 Å². The predicted octanol–water partition coefficient (Wildman–Crippen LogP) is 3.22. The van der Waals surface area contributed by atoms with E-state index < -0.39 is 9.84 Å². The number of hydrogen-bond acceptors (Lipinski definition) is 5. The minimum atomic E-state index is -3.30. The third-order valence-corrected chi connectivity index (χ3v) is 7.14. The van der Waals surface area contributed by atoms with Crippen molar-refractivity contribution in [3.05, 3.63) is 64.9 Å². The van der Waals surface area contributed by atoms with Gasteiger partial charge in [0.05, 0.1) is 16.8 Å². The molecule has 0 radical (unpaired) electrons. The van der Waals surface area contributed by atoms with Gasteiger partial charge in [0, 0.05) is 55.9 Å². The van der Waals surface area contributed by atoms with E-state index in [2.05, 4.69) is 15.4 Å². The smallest absolute Gasteiger partial charge is 0.319 e. The first-order valence-electron chi connectivity index (χ1n) is 10.2. The number of nitrogens with zero attached hydrogens (tertiary/aromatic N) is 4. The number of carbonyl (C=O) groups is 1. The van der Waals surface area contributed by atoms with E-state index in [9.17, 15) is 13.2 Å². The van der Waals surface area contributed by atoms with Gasteiger partial charge in [-0.2, -0.15) is 0 Å². The molecule has 1 aliphatic rings. The fourth-order valence-corrected chi connectivity index (χ4v) is 4.71. The van der Waals surface area contributed by atoms with Crippen LogP contribution in [0, 0.1) is 0 Å². The molecule has 10 heteroatoms. The Morgan fingerprint density at radius 1 is 1.22 bits per heavy atom. The molecule has 2 heterocycles. The molecular formula is C22H24ClN5O3S. The molecular weight excluding hydrogens is 450 g/mol. The van der Waals surface area contributed by atoms with Crippen LogP contribution in [0.2, 0.25) is 5.02 Å². The first-order valence-corrected chi connectivity index (χ1v) is 12.4. The quantitative estimate of drug-likeness (QED) is 0.592.